The van der Waals surface area contributed by atoms with Gasteiger partial charge in [0.25, 0.3) is 5.91 Å². The number of hydrogen-bond acceptors (Lipinski definition) is 7. The van der Waals surface area contributed by atoms with Crippen LogP contribution in [-0.2, 0) is 10.0 Å². The lowest BCUT2D eigenvalue weighted by Crippen LogP contribution is -2.30. The number of ether oxygens (including phenoxy) is 2. The molecular formula is C22H27N3O5S2. The van der Waals surface area contributed by atoms with Crippen molar-refractivity contribution in [3.05, 3.63) is 42.0 Å². The molecule has 3 rings (SSSR count). The summed E-state index contributed by atoms with van der Waals surface area (Å²) in [6, 6.07) is 9.79. The Hall–Kier alpha value is -2.69. The van der Waals surface area contributed by atoms with E-state index in [4.69, 9.17) is 9.47 Å². The zero-order chi connectivity index (χ0) is 23.3. The molecule has 0 aliphatic rings. The summed E-state index contributed by atoms with van der Waals surface area (Å²) in [5, 5.41) is 3.17. The largest absolute Gasteiger partial charge is 0.490 e. The van der Waals surface area contributed by atoms with Gasteiger partial charge in [-0.2, -0.15) is 4.31 Å². The van der Waals surface area contributed by atoms with Gasteiger partial charge >= 0.3 is 0 Å². The summed E-state index contributed by atoms with van der Waals surface area (Å²) in [5.74, 6) is 0.731. The molecule has 2 aromatic carbocycles. The molecule has 0 unspecified atom stereocenters. The van der Waals surface area contributed by atoms with Crippen LogP contribution in [0.1, 0.15) is 38.1 Å². The van der Waals surface area contributed by atoms with Crippen molar-refractivity contribution >= 4 is 42.6 Å². The summed E-state index contributed by atoms with van der Waals surface area (Å²) in [6.07, 6.45) is 0. The minimum absolute atomic E-state index is 0.211. The fourth-order valence-corrected chi connectivity index (χ4v) is 5.65. The molecule has 0 aliphatic heterocycles. The molecule has 0 fully saturated rings. The van der Waals surface area contributed by atoms with E-state index in [1.54, 1.807) is 50.2 Å². The van der Waals surface area contributed by atoms with Gasteiger partial charge in [0.15, 0.2) is 16.6 Å². The molecule has 0 atom stereocenters. The topological polar surface area (TPSA) is 97.8 Å². The Morgan fingerprint density at radius 1 is 1.00 bits per heavy atom. The Balaban J connectivity index is 1.85. The number of amides is 1. The third-order valence-corrected chi connectivity index (χ3v) is 7.71. The van der Waals surface area contributed by atoms with Gasteiger partial charge in [-0.15, -0.1) is 0 Å². The number of fused-ring (bicyclic) bond motifs is 1. The third kappa shape index (κ3) is 5.03. The van der Waals surface area contributed by atoms with Crippen LogP contribution >= 0.6 is 11.3 Å². The molecule has 32 heavy (non-hydrogen) atoms. The second-order valence-corrected chi connectivity index (χ2v) is 9.69. The van der Waals surface area contributed by atoms with Crippen LogP contribution < -0.4 is 14.8 Å². The number of rotatable bonds is 10. The molecule has 0 bridgehead atoms. The number of thiazole rings is 1. The zero-order valence-electron chi connectivity index (χ0n) is 18.5. The highest BCUT2D eigenvalue weighted by Gasteiger charge is 2.22. The van der Waals surface area contributed by atoms with Gasteiger partial charge in [-0.3, -0.25) is 10.1 Å². The first kappa shape index (κ1) is 24.0. The van der Waals surface area contributed by atoms with Crippen molar-refractivity contribution in [3.8, 4) is 11.5 Å². The summed E-state index contributed by atoms with van der Waals surface area (Å²) < 4.78 is 38.8. The smallest absolute Gasteiger partial charge is 0.257 e. The summed E-state index contributed by atoms with van der Waals surface area (Å²) >= 11 is 1.22. The fourth-order valence-electron chi connectivity index (χ4n) is 3.19. The molecule has 8 nitrogen and oxygen atoms in total. The van der Waals surface area contributed by atoms with Crippen LogP contribution in [-0.4, -0.2) is 49.9 Å². The van der Waals surface area contributed by atoms with Crippen molar-refractivity contribution in [1.29, 1.82) is 0 Å². The summed E-state index contributed by atoms with van der Waals surface area (Å²) in [7, 11) is -3.57. The van der Waals surface area contributed by atoms with Gasteiger partial charge in [-0.1, -0.05) is 25.2 Å². The molecule has 172 valence electrons. The normalized spacial score (nSPS) is 11.7. The predicted molar refractivity (Wildman–Crippen MR) is 126 cm³/mol. The molecule has 0 aliphatic carbocycles. The van der Waals surface area contributed by atoms with Gasteiger partial charge in [-0.25, -0.2) is 13.4 Å². The maximum atomic E-state index is 12.8. The average Bonchev–Trinajstić information content (AvgIpc) is 3.17. The molecule has 1 N–H and O–H groups in total. The minimum atomic E-state index is -3.57. The third-order valence-electron chi connectivity index (χ3n) is 4.73. The Bertz CT molecular complexity index is 1200. The number of aromatic nitrogens is 1. The van der Waals surface area contributed by atoms with Gasteiger partial charge in [-0.05, 0) is 50.2 Å². The van der Waals surface area contributed by atoms with Crippen molar-refractivity contribution in [2.24, 2.45) is 0 Å². The SMILES string of the molecule is CCOc1ccc(C(=O)Nc2nc3ccc(S(=O)(=O)N(CC)CC)cc3s2)cc1OCC. The molecule has 1 heterocycles. The number of anilines is 1. The molecule has 0 saturated heterocycles. The van der Waals surface area contributed by atoms with Crippen LogP contribution in [0.2, 0.25) is 0 Å². The molecule has 1 amide bonds. The maximum absolute atomic E-state index is 12.8. The van der Waals surface area contributed by atoms with Crippen molar-refractivity contribution in [2.75, 3.05) is 31.6 Å². The number of nitrogens with one attached hydrogen (secondary N) is 1. The van der Waals surface area contributed by atoms with E-state index in [-0.39, 0.29) is 10.8 Å². The van der Waals surface area contributed by atoms with Crippen LogP contribution in [0.3, 0.4) is 0 Å². The molecule has 10 heteroatoms. The molecule has 1 aromatic heterocycles. The van der Waals surface area contributed by atoms with Gasteiger partial charge in [0, 0.05) is 18.7 Å². The van der Waals surface area contributed by atoms with Crippen molar-refractivity contribution < 1.29 is 22.7 Å². The van der Waals surface area contributed by atoms with Crippen LogP contribution in [0.5, 0.6) is 11.5 Å². The van der Waals surface area contributed by atoms with E-state index in [1.165, 1.54) is 15.6 Å². The van der Waals surface area contributed by atoms with Crippen molar-refractivity contribution in [3.63, 3.8) is 0 Å². The Labute approximate surface area is 192 Å². The highest BCUT2D eigenvalue weighted by atomic mass is 32.2. The first-order chi connectivity index (χ1) is 15.3. The van der Waals surface area contributed by atoms with Gasteiger partial charge < -0.3 is 9.47 Å². The number of benzene rings is 2. The van der Waals surface area contributed by atoms with E-state index < -0.39 is 10.0 Å². The highest BCUT2D eigenvalue weighted by Crippen LogP contribution is 2.31. The quantitative estimate of drug-likeness (QED) is 0.465. The highest BCUT2D eigenvalue weighted by molar-refractivity contribution is 7.89. The first-order valence-corrected chi connectivity index (χ1v) is 12.7. The number of carbonyl (C=O) groups is 1. The minimum Gasteiger partial charge on any atom is -0.490 e. The van der Waals surface area contributed by atoms with E-state index in [2.05, 4.69) is 10.3 Å². The zero-order valence-corrected chi connectivity index (χ0v) is 20.2. The second-order valence-electron chi connectivity index (χ2n) is 6.72. The summed E-state index contributed by atoms with van der Waals surface area (Å²) in [4.78, 5) is 17.4. The van der Waals surface area contributed by atoms with Gasteiger partial charge in [0.05, 0.1) is 28.3 Å². The van der Waals surface area contributed by atoms with E-state index in [9.17, 15) is 13.2 Å². The van der Waals surface area contributed by atoms with Crippen LogP contribution in [0.25, 0.3) is 10.2 Å². The number of sulfonamides is 1. The van der Waals surface area contributed by atoms with E-state index in [1.807, 2.05) is 13.8 Å². The van der Waals surface area contributed by atoms with Crippen molar-refractivity contribution in [1.82, 2.24) is 9.29 Å². The van der Waals surface area contributed by atoms with E-state index in [0.717, 1.165) is 0 Å². The lowest BCUT2D eigenvalue weighted by molar-refractivity contribution is 0.102. The summed E-state index contributed by atoms with van der Waals surface area (Å²) in [6.45, 7) is 9.07. The Morgan fingerprint density at radius 3 is 2.34 bits per heavy atom. The summed E-state index contributed by atoms with van der Waals surface area (Å²) in [5.41, 5.74) is 1.02. The molecule has 0 saturated carbocycles. The first-order valence-electron chi connectivity index (χ1n) is 10.5. The fraction of sp³-hybridized carbons (Fsp3) is 0.364. The predicted octanol–water partition coefficient (Wildman–Crippen LogP) is 4.38. The number of carbonyl (C=O) groups excluding carboxylic acids is 1. The van der Waals surface area contributed by atoms with Crippen LogP contribution in [0, 0.1) is 0 Å². The van der Waals surface area contributed by atoms with E-state index >= 15 is 0 Å². The molecule has 0 radical (unpaired) electrons. The number of nitrogens with zero attached hydrogens (tertiary/aromatic N) is 2. The van der Waals surface area contributed by atoms with Crippen LogP contribution in [0.4, 0.5) is 5.13 Å². The second kappa shape index (κ2) is 10.3. The lowest BCUT2D eigenvalue weighted by atomic mass is 10.2. The lowest BCUT2D eigenvalue weighted by Gasteiger charge is -2.18. The Kier molecular flexibility index (Phi) is 7.70. The Morgan fingerprint density at radius 2 is 1.69 bits per heavy atom. The van der Waals surface area contributed by atoms with E-state index in [0.29, 0.717) is 58.7 Å². The van der Waals surface area contributed by atoms with Crippen LogP contribution in [0.15, 0.2) is 41.3 Å². The molecular weight excluding hydrogens is 450 g/mol. The van der Waals surface area contributed by atoms with Gasteiger partial charge in [0.1, 0.15) is 0 Å². The van der Waals surface area contributed by atoms with Crippen molar-refractivity contribution in [2.45, 2.75) is 32.6 Å². The monoisotopic (exact) mass is 477 g/mol. The molecule has 0 spiro atoms. The maximum Gasteiger partial charge on any atom is 0.257 e. The molecule has 3 aromatic rings. The van der Waals surface area contributed by atoms with Gasteiger partial charge in [0.2, 0.25) is 10.0 Å². The average molecular weight is 478 g/mol. The standard InChI is InChI=1S/C22H27N3O5S2/c1-5-25(6-2)32(27,28)16-10-11-17-20(14-16)31-22(23-17)24-21(26)15-9-12-18(29-7-3)19(13-15)30-8-4/h9-14H,5-8H2,1-4H3,(H,23,24,26). The number of hydrogen-bond donors (Lipinski definition) is 1.